The fourth-order valence-corrected chi connectivity index (χ4v) is 6.33. The largest absolute Gasteiger partial charge is 0.309 e. The normalized spacial score (nSPS) is 16.6. The molecule has 0 unspecified atom stereocenters. The standard InChI is InChI=1S/C32H42Br2N4O2/c1-35(2)17-9-5-7-11-19-37-27-21-23(33)13-15-25(27)29(31(37)39)30-26-16-14-24(34)22-28(26)38(32(30)40)20-12-8-6-10-18-36(3)4/h13-16,21-22H,5-12,17-20H2,1-4H3/b30-29-. The number of rotatable bonds is 14. The summed E-state index contributed by atoms with van der Waals surface area (Å²) in [7, 11) is 8.39. The molecule has 0 radical (unpaired) electrons. The van der Waals surface area contributed by atoms with Gasteiger partial charge in [0.2, 0.25) is 0 Å². The fourth-order valence-electron chi connectivity index (χ4n) is 5.63. The van der Waals surface area contributed by atoms with E-state index in [2.05, 4.69) is 69.9 Å². The lowest BCUT2D eigenvalue weighted by Gasteiger charge is -2.18. The van der Waals surface area contributed by atoms with E-state index in [4.69, 9.17) is 0 Å². The number of carbonyl (C=O) groups is 2. The molecule has 6 nitrogen and oxygen atoms in total. The van der Waals surface area contributed by atoms with Gasteiger partial charge in [0.25, 0.3) is 11.8 Å². The first kappa shape index (κ1) is 30.9. The molecule has 2 aromatic rings. The third-order valence-electron chi connectivity index (χ3n) is 7.68. The lowest BCUT2D eigenvalue weighted by Crippen LogP contribution is -2.30. The average molecular weight is 675 g/mol. The Labute approximate surface area is 256 Å². The van der Waals surface area contributed by atoms with Crippen LogP contribution in [0.25, 0.3) is 11.1 Å². The van der Waals surface area contributed by atoms with Gasteiger partial charge < -0.3 is 19.6 Å². The number of benzene rings is 2. The van der Waals surface area contributed by atoms with Gasteiger partial charge in [-0.3, -0.25) is 9.59 Å². The molecule has 216 valence electrons. The van der Waals surface area contributed by atoms with Crippen molar-refractivity contribution in [1.82, 2.24) is 9.80 Å². The van der Waals surface area contributed by atoms with E-state index in [0.717, 1.165) is 95.9 Å². The van der Waals surface area contributed by atoms with Crippen LogP contribution in [0.2, 0.25) is 0 Å². The second-order valence-electron chi connectivity index (χ2n) is 11.4. The van der Waals surface area contributed by atoms with Crippen molar-refractivity contribution in [1.29, 1.82) is 0 Å². The van der Waals surface area contributed by atoms with Crippen LogP contribution in [-0.2, 0) is 9.59 Å². The van der Waals surface area contributed by atoms with E-state index in [-0.39, 0.29) is 11.8 Å². The Kier molecular flexibility index (Phi) is 11.0. The monoisotopic (exact) mass is 672 g/mol. The van der Waals surface area contributed by atoms with Gasteiger partial charge in [-0.15, -0.1) is 0 Å². The summed E-state index contributed by atoms with van der Waals surface area (Å²) in [6, 6.07) is 11.9. The summed E-state index contributed by atoms with van der Waals surface area (Å²) >= 11 is 7.20. The molecule has 0 saturated heterocycles. The molecule has 0 aromatic heterocycles. The molecule has 2 aromatic carbocycles. The van der Waals surface area contributed by atoms with Gasteiger partial charge in [-0.05, 0) is 91.2 Å². The summed E-state index contributed by atoms with van der Waals surface area (Å²) in [5.41, 5.74) is 4.56. The molecule has 0 bridgehead atoms. The molecule has 2 heterocycles. The number of hydrogen-bond donors (Lipinski definition) is 0. The fraction of sp³-hybridized carbons (Fsp3) is 0.500. The van der Waals surface area contributed by atoms with Crippen molar-refractivity contribution in [3.05, 3.63) is 56.5 Å². The summed E-state index contributed by atoms with van der Waals surface area (Å²) in [5, 5.41) is 0. The van der Waals surface area contributed by atoms with Crippen LogP contribution in [0, 0.1) is 0 Å². The maximum absolute atomic E-state index is 14.0. The predicted octanol–water partition coefficient (Wildman–Crippen LogP) is 7.06. The maximum Gasteiger partial charge on any atom is 0.259 e. The van der Waals surface area contributed by atoms with Crippen molar-refractivity contribution in [2.24, 2.45) is 0 Å². The Morgan fingerprint density at radius 3 is 1.32 bits per heavy atom. The molecule has 0 spiro atoms. The first-order chi connectivity index (χ1) is 19.2. The third-order valence-corrected chi connectivity index (χ3v) is 8.67. The summed E-state index contributed by atoms with van der Waals surface area (Å²) in [6.45, 7) is 3.47. The van der Waals surface area contributed by atoms with Crippen LogP contribution in [0.15, 0.2) is 45.3 Å². The van der Waals surface area contributed by atoms with Gasteiger partial charge in [0.05, 0.1) is 22.5 Å². The average Bonchev–Trinajstić information content (AvgIpc) is 3.31. The molecule has 2 amide bonds. The van der Waals surface area contributed by atoms with Crippen LogP contribution in [0.1, 0.15) is 62.5 Å². The lowest BCUT2D eigenvalue weighted by atomic mass is 9.96. The summed E-state index contributed by atoms with van der Waals surface area (Å²) in [4.78, 5) is 36.3. The molecule has 4 rings (SSSR count). The molecule has 40 heavy (non-hydrogen) atoms. The van der Waals surface area contributed by atoms with E-state index >= 15 is 0 Å². The zero-order valence-electron chi connectivity index (χ0n) is 24.3. The SMILES string of the molecule is CN(C)CCCCCCN1C(=O)/C(=C2\C(=O)N(CCCCCCN(C)C)c3cc(Br)ccc32)c2ccc(Br)cc21. The molecule has 0 N–H and O–H groups in total. The summed E-state index contributed by atoms with van der Waals surface area (Å²) in [6.07, 6.45) is 8.62. The smallest absolute Gasteiger partial charge is 0.259 e. The van der Waals surface area contributed by atoms with Crippen LogP contribution in [0.3, 0.4) is 0 Å². The van der Waals surface area contributed by atoms with Gasteiger partial charge >= 0.3 is 0 Å². The first-order valence-corrected chi connectivity index (χ1v) is 16.0. The van der Waals surface area contributed by atoms with Crippen LogP contribution in [-0.4, -0.2) is 76.0 Å². The second kappa shape index (κ2) is 14.3. The van der Waals surface area contributed by atoms with Gasteiger partial charge in [-0.1, -0.05) is 69.7 Å². The Morgan fingerprint density at radius 1 is 0.575 bits per heavy atom. The molecular formula is C32H42Br2N4O2. The highest BCUT2D eigenvalue weighted by molar-refractivity contribution is 9.10. The Morgan fingerprint density at radius 2 is 0.950 bits per heavy atom. The van der Waals surface area contributed by atoms with Crippen molar-refractivity contribution >= 4 is 66.2 Å². The molecule has 2 aliphatic heterocycles. The molecule has 8 heteroatoms. The van der Waals surface area contributed by atoms with Crippen molar-refractivity contribution in [3.63, 3.8) is 0 Å². The molecular weight excluding hydrogens is 632 g/mol. The van der Waals surface area contributed by atoms with Crippen LogP contribution in [0.4, 0.5) is 11.4 Å². The van der Waals surface area contributed by atoms with E-state index < -0.39 is 0 Å². The van der Waals surface area contributed by atoms with E-state index in [1.165, 1.54) is 0 Å². The Hall–Kier alpha value is -2.00. The zero-order chi connectivity index (χ0) is 28.8. The van der Waals surface area contributed by atoms with Gasteiger partial charge in [0, 0.05) is 33.2 Å². The van der Waals surface area contributed by atoms with E-state index in [0.29, 0.717) is 24.2 Å². The number of fused-ring (bicyclic) bond motifs is 2. The van der Waals surface area contributed by atoms with Crippen LogP contribution in [0.5, 0.6) is 0 Å². The maximum atomic E-state index is 14.0. The van der Waals surface area contributed by atoms with Gasteiger partial charge in [-0.2, -0.15) is 0 Å². The number of hydrogen-bond acceptors (Lipinski definition) is 4. The molecule has 0 aliphatic carbocycles. The number of halogens is 2. The number of anilines is 2. The van der Waals surface area contributed by atoms with Crippen LogP contribution < -0.4 is 9.80 Å². The van der Waals surface area contributed by atoms with Crippen molar-refractivity contribution in [2.45, 2.75) is 51.4 Å². The van der Waals surface area contributed by atoms with E-state index in [9.17, 15) is 9.59 Å². The third kappa shape index (κ3) is 7.25. The quantitative estimate of drug-likeness (QED) is 0.159. The van der Waals surface area contributed by atoms with Gasteiger partial charge in [0.15, 0.2) is 0 Å². The van der Waals surface area contributed by atoms with Gasteiger partial charge in [0.1, 0.15) is 0 Å². The van der Waals surface area contributed by atoms with Crippen molar-refractivity contribution in [3.8, 4) is 0 Å². The number of amides is 2. The number of nitrogens with zero attached hydrogens (tertiary/aromatic N) is 4. The highest BCUT2D eigenvalue weighted by Gasteiger charge is 2.41. The highest BCUT2D eigenvalue weighted by atomic mass is 79.9. The minimum atomic E-state index is -0.0656. The highest BCUT2D eigenvalue weighted by Crippen LogP contribution is 2.47. The lowest BCUT2D eigenvalue weighted by molar-refractivity contribution is -0.114. The molecule has 0 atom stereocenters. The number of unbranched alkanes of at least 4 members (excludes halogenated alkanes) is 6. The number of carbonyl (C=O) groups excluding carboxylic acids is 2. The van der Waals surface area contributed by atoms with Crippen LogP contribution >= 0.6 is 31.9 Å². The first-order valence-electron chi connectivity index (χ1n) is 14.5. The van der Waals surface area contributed by atoms with E-state index in [1.807, 2.05) is 46.2 Å². The Balaban J connectivity index is 1.58. The molecule has 0 fully saturated rings. The summed E-state index contributed by atoms with van der Waals surface area (Å²) in [5.74, 6) is -0.131. The second-order valence-corrected chi connectivity index (χ2v) is 13.3. The minimum absolute atomic E-state index is 0.0656. The summed E-state index contributed by atoms with van der Waals surface area (Å²) < 4.78 is 1.86. The molecule has 2 aliphatic rings. The van der Waals surface area contributed by atoms with Crippen molar-refractivity contribution < 1.29 is 9.59 Å². The van der Waals surface area contributed by atoms with E-state index in [1.54, 1.807) is 0 Å². The van der Waals surface area contributed by atoms with Gasteiger partial charge in [-0.25, -0.2) is 0 Å². The minimum Gasteiger partial charge on any atom is -0.309 e. The topological polar surface area (TPSA) is 47.1 Å². The predicted molar refractivity (Wildman–Crippen MR) is 174 cm³/mol. The molecule has 0 saturated carbocycles. The Bertz CT molecular complexity index is 1160. The van der Waals surface area contributed by atoms with Crippen molar-refractivity contribution in [2.75, 3.05) is 64.2 Å². The zero-order valence-corrected chi connectivity index (χ0v) is 27.5.